The second kappa shape index (κ2) is 6.26. The Morgan fingerprint density at radius 1 is 1.26 bits per heavy atom. The van der Waals surface area contributed by atoms with E-state index in [1.54, 1.807) is 14.2 Å². The molecule has 0 aromatic heterocycles. The third-order valence-corrected chi connectivity index (χ3v) is 3.84. The van der Waals surface area contributed by atoms with Gasteiger partial charge in [0.05, 0.1) is 20.3 Å². The van der Waals surface area contributed by atoms with Gasteiger partial charge >= 0.3 is 0 Å². The molecule has 0 aliphatic carbocycles. The van der Waals surface area contributed by atoms with Crippen LogP contribution in [0.2, 0.25) is 0 Å². The van der Waals surface area contributed by atoms with E-state index in [2.05, 4.69) is 11.9 Å². The molecular formula is C15H23NO3. The molecule has 0 bridgehead atoms. The van der Waals surface area contributed by atoms with Gasteiger partial charge in [-0.3, -0.25) is 0 Å². The molecule has 1 aliphatic rings. The SMILES string of the molecule is COc1ccc(CC2CN(C)CCC2O)cc1OC. The summed E-state index contributed by atoms with van der Waals surface area (Å²) in [7, 11) is 5.38. The van der Waals surface area contributed by atoms with Gasteiger partial charge in [0.15, 0.2) is 11.5 Å². The van der Waals surface area contributed by atoms with Crippen LogP contribution in [0.4, 0.5) is 0 Å². The summed E-state index contributed by atoms with van der Waals surface area (Å²) in [6.45, 7) is 1.92. The van der Waals surface area contributed by atoms with Crippen molar-refractivity contribution in [2.75, 3.05) is 34.4 Å². The first-order chi connectivity index (χ1) is 9.13. The van der Waals surface area contributed by atoms with Crippen LogP contribution in [0.25, 0.3) is 0 Å². The Morgan fingerprint density at radius 3 is 2.68 bits per heavy atom. The Labute approximate surface area is 114 Å². The second-order valence-corrected chi connectivity index (χ2v) is 5.27. The second-order valence-electron chi connectivity index (χ2n) is 5.27. The molecule has 0 radical (unpaired) electrons. The quantitative estimate of drug-likeness (QED) is 0.897. The summed E-state index contributed by atoms with van der Waals surface area (Å²) in [5.74, 6) is 1.78. The van der Waals surface area contributed by atoms with Crippen molar-refractivity contribution in [3.05, 3.63) is 23.8 Å². The number of aliphatic hydroxyl groups is 1. The van der Waals surface area contributed by atoms with Gasteiger partial charge in [0.1, 0.15) is 0 Å². The van der Waals surface area contributed by atoms with E-state index in [0.29, 0.717) is 0 Å². The van der Waals surface area contributed by atoms with E-state index in [1.165, 1.54) is 5.56 Å². The zero-order valence-electron chi connectivity index (χ0n) is 11.9. The molecule has 0 spiro atoms. The van der Waals surface area contributed by atoms with Crippen molar-refractivity contribution in [2.24, 2.45) is 5.92 Å². The highest BCUT2D eigenvalue weighted by molar-refractivity contribution is 5.43. The molecule has 4 nitrogen and oxygen atoms in total. The van der Waals surface area contributed by atoms with Crippen LogP contribution in [0.15, 0.2) is 18.2 Å². The number of hydrogen-bond acceptors (Lipinski definition) is 4. The van der Waals surface area contributed by atoms with Crippen LogP contribution in [0, 0.1) is 5.92 Å². The molecule has 0 saturated carbocycles. The van der Waals surface area contributed by atoms with Gasteiger partial charge in [-0.2, -0.15) is 0 Å². The fourth-order valence-electron chi connectivity index (χ4n) is 2.71. The van der Waals surface area contributed by atoms with Gasteiger partial charge in [-0.15, -0.1) is 0 Å². The van der Waals surface area contributed by atoms with Gasteiger partial charge in [0, 0.05) is 19.0 Å². The lowest BCUT2D eigenvalue weighted by Gasteiger charge is -2.34. The number of rotatable bonds is 4. The van der Waals surface area contributed by atoms with Gasteiger partial charge < -0.3 is 19.5 Å². The molecule has 1 N–H and O–H groups in total. The number of nitrogens with zero attached hydrogens (tertiary/aromatic N) is 1. The predicted octanol–water partition coefficient (Wildman–Crippen LogP) is 1.56. The Hall–Kier alpha value is -1.26. The summed E-state index contributed by atoms with van der Waals surface area (Å²) in [4.78, 5) is 2.28. The maximum atomic E-state index is 10.1. The molecular weight excluding hydrogens is 242 g/mol. The lowest BCUT2D eigenvalue weighted by Crippen LogP contribution is -2.41. The summed E-state index contributed by atoms with van der Waals surface area (Å²) in [5.41, 5.74) is 1.18. The molecule has 1 aromatic rings. The van der Waals surface area contributed by atoms with Crippen LogP contribution >= 0.6 is 0 Å². The van der Waals surface area contributed by atoms with Gasteiger partial charge in [0.2, 0.25) is 0 Å². The van der Waals surface area contributed by atoms with Gasteiger partial charge in [0.25, 0.3) is 0 Å². The number of ether oxygens (including phenoxy) is 2. The van der Waals surface area contributed by atoms with Crippen LogP contribution in [-0.4, -0.2) is 50.5 Å². The highest BCUT2D eigenvalue weighted by Crippen LogP contribution is 2.29. The van der Waals surface area contributed by atoms with Crippen molar-refractivity contribution in [1.82, 2.24) is 4.90 Å². The third-order valence-electron chi connectivity index (χ3n) is 3.84. The molecule has 106 valence electrons. The zero-order valence-corrected chi connectivity index (χ0v) is 11.9. The van der Waals surface area contributed by atoms with Gasteiger partial charge in [-0.05, 0) is 37.6 Å². The minimum atomic E-state index is -0.204. The molecule has 1 aliphatic heterocycles. The molecule has 2 rings (SSSR count). The normalized spacial score (nSPS) is 24.2. The highest BCUT2D eigenvalue weighted by Gasteiger charge is 2.26. The van der Waals surface area contributed by atoms with E-state index in [9.17, 15) is 5.11 Å². The number of methoxy groups -OCH3 is 2. The smallest absolute Gasteiger partial charge is 0.160 e. The molecule has 1 fully saturated rings. The number of piperidine rings is 1. The Kier molecular flexibility index (Phi) is 4.66. The first-order valence-electron chi connectivity index (χ1n) is 6.71. The summed E-state index contributed by atoms with van der Waals surface area (Å²) < 4.78 is 10.6. The van der Waals surface area contributed by atoms with E-state index in [4.69, 9.17) is 9.47 Å². The van der Waals surface area contributed by atoms with E-state index < -0.39 is 0 Å². The topological polar surface area (TPSA) is 41.9 Å². The molecule has 1 heterocycles. The summed E-state index contributed by atoms with van der Waals surface area (Å²) in [6, 6.07) is 5.97. The van der Waals surface area contributed by atoms with Gasteiger partial charge in [-0.25, -0.2) is 0 Å². The van der Waals surface area contributed by atoms with E-state index in [0.717, 1.165) is 37.4 Å². The van der Waals surface area contributed by atoms with Crippen molar-refractivity contribution >= 4 is 0 Å². The summed E-state index contributed by atoms with van der Waals surface area (Å²) in [6.07, 6.45) is 1.52. The van der Waals surface area contributed by atoms with Crippen molar-refractivity contribution < 1.29 is 14.6 Å². The van der Waals surface area contributed by atoms with Crippen LogP contribution in [0.5, 0.6) is 11.5 Å². The molecule has 0 amide bonds. The van der Waals surface area contributed by atoms with Crippen molar-refractivity contribution in [3.8, 4) is 11.5 Å². The Balaban J connectivity index is 2.09. The molecule has 19 heavy (non-hydrogen) atoms. The van der Waals surface area contributed by atoms with Crippen LogP contribution in [0.1, 0.15) is 12.0 Å². The molecule has 2 atom stereocenters. The first kappa shape index (κ1) is 14.2. The maximum Gasteiger partial charge on any atom is 0.160 e. The first-order valence-corrected chi connectivity index (χ1v) is 6.71. The molecule has 1 saturated heterocycles. The van der Waals surface area contributed by atoms with E-state index in [1.807, 2.05) is 18.2 Å². The van der Waals surface area contributed by atoms with Gasteiger partial charge in [-0.1, -0.05) is 6.07 Å². The number of hydrogen-bond donors (Lipinski definition) is 1. The fraction of sp³-hybridized carbons (Fsp3) is 0.600. The average molecular weight is 265 g/mol. The minimum absolute atomic E-state index is 0.204. The standard InChI is InChI=1S/C15H23NO3/c1-16-7-6-13(17)12(10-16)8-11-4-5-14(18-2)15(9-11)19-3/h4-5,9,12-13,17H,6-8,10H2,1-3H3. The fourth-order valence-corrected chi connectivity index (χ4v) is 2.71. The molecule has 1 aromatic carbocycles. The molecule has 4 heteroatoms. The Bertz CT molecular complexity index is 422. The highest BCUT2D eigenvalue weighted by atomic mass is 16.5. The minimum Gasteiger partial charge on any atom is -0.493 e. The zero-order chi connectivity index (χ0) is 13.8. The van der Waals surface area contributed by atoms with E-state index in [-0.39, 0.29) is 12.0 Å². The van der Waals surface area contributed by atoms with Crippen LogP contribution in [-0.2, 0) is 6.42 Å². The largest absolute Gasteiger partial charge is 0.493 e. The predicted molar refractivity (Wildman–Crippen MR) is 74.9 cm³/mol. The third kappa shape index (κ3) is 3.39. The lowest BCUT2D eigenvalue weighted by atomic mass is 9.89. The summed E-state index contributed by atoms with van der Waals surface area (Å²) >= 11 is 0. The number of likely N-dealkylation sites (tertiary alicyclic amines) is 1. The summed E-state index contributed by atoms with van der Waals surface area (Å²) in [5, 5.41) is 10.1. The number of aliphatic hydroxyl groups excluding tert-OH is 1. The average Bonchev–Trinajstić information content (AvgIpc) is 2.42. The molecule has 2 unspecified atom stereocenters. The Morgan fingerprint density at radius 2 is 2.00 bits per heavy atom. The van der Waals surface area contributed by atoms with Crippen molar-refractivity contribution in [3.63, 3.8) is 0 Å². The lowest BCUT2D eigenvalue weighted by molar-refractivity contribution is 0.0366. The number of benzene rings is 1. The maximum absolute atomic E-state index is 10.1. The van der Waals surface area contributed by atoms with Crippen molar-refractivity contribution in [1.29, 1.82) is 0 Å². The monoisotopic (exact) mass is 265 g/mol. The van der Waals surface area contributed by atoms with Crippen LogP contribution < -0.4 is 9.47 Å². The van der Waals surface area contributed by atoms with Crippen LogP contribution in [0.3, 0.4) is 0 Å². The van der Waals surface area contributed by atoms with E-state index >= 15 is 0 Å². The van der Waals surface area contributed by atoms with Crippen molar-refractivity contribution in [2.45, 2.75) is 18.9 Å².